The molecule has 0 unspecified atom stereocenters. The zero-order valence-corrected chi connectivity index (χ0v) is 12.4. The van der Waals surface area contributed by atoms with Crippen LogP contribution in [0.15, 0.2) is 49.1 Å². The number of hydrogen-bond acceptors (Lipinski definition) is 4. The molecule has 0 atom stereocenters. The number of benzene rings is 1. The molecular weight excluding hydrogens is 309 g/mol. The smallest absolute Gasteiger partial charge is 0.227 e. The Morgan fingerprint density at radius 3 is 2.62 bits per heavy atom. The highest BCUT2D eigenvalue weighted by molar-refractivity contribution is 6.30. The van der Waals surface area contributed by atoms with E-state index in [-0.39, 0.29) is 0 Å². The third-order valence-electron chi connectivity index (χ3n) is 2.74. The molecule has 0 saturated carbocycles. The van der Waals surface area contributed by atoms with Gasteiger partial charge in [0.1, 0.15) is 0 Å². The molecule has 0 saturated heterocycles. The lowest BCUT2D eigenvalue weighted by molar-refractivity contribution is 0.687. The number of rotatable bonds is 4. The van der Waals surface area contributed by atoms with Crippen LogP contribution in [0.2, 0.25) is 10.0 Å². The predicted octanol–water partition coefficient (Wildman–Crippen LogP) is 3.77. The topological polar surface area (TPSA) is 55.6 Å². The quantitative estimate of drug-likeness (QED) is 0.795. The first-order chi connectivity index (χ1) is 10.2. The first kappa shape index (κ1) is 13.9. The minimum absolute atomic E-state index is 0.474. The molecule has 2 heterocycles. The van der Waals surface area contributed by atoms with Crippen LogP contribution >= 0.6 is 23.2 Å². The zero-order chi connectivity index (χ0) is 14.7. The molecule has 0 aliphatic rings. The van der Waals surface area contributed by atoms with Crippen molar-refractivity contribution in [3.8, 4) is 0 Å². The molecule has 1 N–H and O–H groups in total. The summed E-state index contributed by atoms with van der Waals surface area (Å²) in [7, 11) is 0. The summed E-state index contributed by atoms with van der Waals surface area (Å²) in [6.07, 6.45) is 6.65. The van der Waals surface area contributed by atoms with Gasteiger partial charge in [0.15, 0.2) is 0 Å². The molecule has 3 aromatic rings. The summed E-state index contributed by atoms with van der Waals surface area (Å²) in [4.78, 5) is 8.14. The van der Waals surface area contributed by atoms with Gasteiger partial charge in [-0.3, -0.25) is 4.68 Å². The van der Waals surface area contributed by atoms with E-state index in [9.17, 15) is 0 Å². The zero-order valence-electron chi connectivity index (χ0n) is 10.9. The van der Waals surface area contributed by atoms with Crippen LogP contribution in [0.25, 0.3) is 0 Å². The maximum absolute atomic E-state index is 5.97. The minimum Gasteiger partial charge on any atom is -0.321 e. The van der Waals surface area contributed by atoms with Crippen LogP contribution in [-0.2, 0) is 6.54 Å². The molecule has 0 fully saturated rings. The average molecular weight is 320 g/mol. The largest absolute Gasteiger partial charge is 0.321 e. The molecule has 0 aliphatic carbocycles. The van der Waals surface area contributed by atoms with Gasteiger partial charge in [-0.25, -0.2) is 9.97 Å². The standard InChI is InChI=1S/C14H11Cl2N5/c15-11-3-1-2-10(4-11)8-21-9-13(7-19-21)20-14-17-5-12(16)6-18-14/h1-7,9H,8H2,(H,17,18,20). The van der Waals surface area contributed by atoms with Crippen molar-refractivity contribution in [2.24, 2.45) is 0 Å². The van der Waals surface area contributed by atoms with E-state index in [1.807, 2.05) is 35.1 Å². The van der Waals surface area contributed by atoms with Gasteiger partial charge in [-0.1, -0.05) is 35.3 Å². The van der Waals surface area contributed by atoms with Crippen LogP contribution in [0.5, 0.6) is 0 Å². The number of halogens is 2. The Labute approximate surface area is 131 Å². The fraction of sp³-hybridized carbons (Fsp3) is 0.0714. The second-order valence-electron chi connectivity index (χ2n) is 4.41. The molecule has 1 aromatic carbocycles. The number of aromatic nitrogens is 4. The summed E-state index contributed by atoms with van der Waals surface area (Å²) in [5.41, 5.74) is 1.89. The van der Waals surface area contributed by atoms with E-state index < -0.39 is 0 Å². The summed E-state index contributed by atoms with van der Waals surface area (Å²) in [5.74, 6) is 0.474. The Bertz CT molecular complexity index is 739. The second-order valence-corrected chi connectivity index (χ2v) is 5.28. The first-order valence-electron chi connectivity index (χ1n) is 6.20. The van der Waals surface area contributed by atoms with Crippen LogP contribution in [-0.4, -0.2) is 19.7 Å². The van der Waals surface area contributed by atoms with E-state index in [4.69, 9.17) is 23.2 Å². The number of anilines is 2. The van der Waals surface area contributed by atoms with Crippen LogP contribution in [0.4, 0.5) is 11.6 Å². The van der Waals surface area contributed by atoms with Crippen LogP contribution < -0.4 is 5.32 Å². The number of nitrogens with zero attached hydrogens (tertiary/aromatic N) is 4. The summed E-state index contributed by atoms with van der Waals surface area (Å²) < 4.78 is 1.81. The lowest BCUT2D eigenvalue weighted by atomic mass is 10.2. The van der Waals surface area contributed by atoms with E-state index in [1.54, 1.807) is 6.20 Å². The van der Waals surface area contributed by atoms with Crippen LogP contribution in [0.1, 0.15) is 5.56 Å². The summed E-state index contributed by atoms with van der Waals surface area (Å²) in [5, 5.41) is 8.56. The fourth-order valence-corrected chi connectivity index (χ4v) is 2.15. The fourth-order valence-electron chi connectivity index (χ4n) is 1.84. The van der Waals surface area contributed by atoms with Gasteiger partial charge in [0.25, 0.3) is 0 Å². The van der Waals surface area contributed by atoms with E-state index >= 15 is 0 Å². The molecule has 2 aromatic heterocycles. The van der Waals surface area contributed by atoms with Gasteiger partial charge >= 0.3 is 0 Å². The van der Waals surface area contributed by atoms with Crippen molar-refractivity contribution in [2.75, 3.05) is 5.32 Å². The van der Waals surface area contributed by atoms with E-state index in [0.29, 0.717) is 22.5 Å². The average Bonchev–Trinajstić information content (AvgIpc) is 2.89. The van der Waals surface area contributed by atoms with Crippen molar-refractivity contribution in [1.29, 1.82) is 0 Å². The van der Waals surface area contributed by atoms with Crippen molar-refractivity contribution < 1.29 is 0 Å². The van der Waals surface area contributed by atoms with E-state index in [2.05, 4.69) is 20.4 Å². The normalized spacial score (nSPS) is 10.6. The van der Waals surface area contributed by atoms with Gasteiger partial charge in [-0.05, 0) is 17.7 Å². The third-order valence-corrected chi connectivity index (χ3v) is 3.17. The highest BCUT2D eigenvalue weighted by atomic mass is 35.5. The Balaban J connectivity index is 1.70. The van der Waals surface area contributed by atoms with Crippen LogP contribution in [0.3, 0.4) is 0 Å². The van der Waals surface area contributed by atoms with Gasteiger partial charge in [0, 0.05) is 11.2 Å². The van der Waals surface area contributed by atoms with Crippen molar-refractivity contribution in [1.82, 2.24) is 19.7 Å². The summed E-state index contributed by atoms with van der Waals surface area (Å²) in [6, 6.07) is 7.68. The van der Waals surface area contributed by atoms with Crippen molar-refractivity contribution in [3.05, 3.63) is 64.7 Å². The molecule has 7 heteroatoms. The van der Waals surface area contributed by atoms with Crippen LogP contribution in [0, 0.1) is 0 Å². The van der Waals surface area contributed by atoms with Crippen molar-refractivity contribution >= 4 is 34.8 Å². The minimum atomic E-state index is 0.474. The van der Waals surface area contributed by atoms with E-state index in [1.165, 1.54) is 12.4 Å². The van der Waals surface area contributed by atoms with Crippen molar-refractivity contribution in [2.45, 2.75) is 6.54 Å². The van der Waals surface area contributed by atoms with Crippen molar-refractivity contribution in [3.63, 3.8) is 0 Å². The molecule has 0 aliphatic heterocycles. The predicted molar refractivity (Wildman–Crippen MR) is 83.1 cm³/mol. The second kappa shape index (κ2) is 6.11. The Kier molecular flexibility index (Phi) is 4.03. The monoisotopic (exact) mass is 319 g/mol. The lowest BCUT2D eigenvalue weighted by Crippen LogP contribution is -1.99. The van der Waals surface area contributed by atoms with Gasteiger partial charge in [-0.15, -0.1) is 0 Å². The maximum Gasteiger partial charge on any atom is 0.227 e. The Morgan fingerprint density at radius 1 is 1.05 bits per heavy atom. The molecule has 0 spiro atoms. The summed E-state index contributed by atoms with van der Waals surface area (Å²) >= 11 is 11.7. The van der Waals surface area contributed by atoms with Gasteiger partial charge in [0.05, 0.1) is 35.8 Å². The maximum atomic E-state index is 5.97. The molecule has 21 heavy (non-hydrogen) atoms. The number of nitrogens with one attached hydrogen (secondary N) is 1. The highest BCUT2D eigenvalue weighted by Gasteiger charge is 2.02. The lowest BCUT2D eigenvalue weighted by Gasteiger charge is -2.02. The van der Waals surface area contributed by atoms with E-state index in [0.717, 1.165) is 11.3 Å². The van der Waals surface area contributed by atoms with Gasteiger partial charge in [0.2, 0.25) is 5.95 Å². The molecule has 3 rings (SSSR count). The highest BCUT2D eigenvalue weighted by Crippen LogP contribution is 2.15. The van der Waals surface area contributed by atoms with Gasteiger partial charge < -0.3 is 5.32 Å². The summed E-state index contributed by atoms with van der Waals surface area (Å²) in [6.45, 7) is 0.643. The number of hydrogen-bond donors (Lipinski definition) is 1. The molecule has 0 radical (unpaired) electrons. The molecular formula is C14H11Cl2N5. The van der Waals surface area contributed by atoms with Gasteiger partial charge in [-0.2, -0.15) is 5.10 Å². The molecule has 5 nitrogen and oxygen atoms in total. The SMILES string of the molecule is Clc1cnc(Nc2cnn(Cc3cccc(Cl)c3)c2)nc1. The molecule has 0 bridgehead atoms. The first-order valence-corrected chi connectivity index (χ1v) is 6.96. The Hall–Kier alpha value is -2.11. The molecule has 0 amide bonds. The molecule has 106 valence electrons. The Morgan fingerprint density at radius 2 is 1.86 bits per heavy atom. The third kappa shape index (κ3) is 3.71.